The molecule has 0 saturated heterocycles. The molecular weight excluding hydrogens is 322 g/mol. The average Bonchev–Trinajstić information content (AvgIpc) is 2.99. The number of nitrogens with one attached hydrogen (secondary N) is 2. The summed E-state index contributed by atoms with van der Waals surface area (Å²) in [6, 6.07) is 5.22. The van der Waals surface area contributed by atoms with E-state index in [1.54, 1.807) is 43.2 Å². The molecule has 25 heavy (non-hydrogen) atoms. The van der Waals surface area contributed by atoms with Gasteiger partial charge in [-0.3, -0.25) is 19.8 Å². The Morgan fingerprint density at radius 1 is 1.24 bits per heavy atom. The molecule has 0 bridgehead atoms. The number of rotatable bonds is 8. The van der Waals surface area contributed by atoms with E-state index < -0.39 is 17.5 Å². The Bertz CT molecular complexity index is 712. The molecule has 8 nitrogen and oxygen atoms in total. The van der Waals surface area contributed by atoms with Gasteiger partial charge in [-0.25, -0.2) is 4.79 Å². The number of aromatic nitrogens is 3. The van der Waals surface area contributed by atoms with Gasteiger partial charge in [-0.2, -0.15) is 5.10 Å². The van der Waals surface area contributed by atoms with Crippen molar-refractivity contribution in [1.82, 2.24) is 20.1 Å². The lowest BCUT2D eigenvalue weighted by atomic mass is 9.99. The molecule has 0 aliphatic carbocycles. The highest BCUT2D eigenvalue weighted by Gasteiger charge is 2.21. The van der Waals surface area contributed by atoms with Crippen LogP contribution in [-0.4, -0.2) is 37.4 Å². The van der Waals surface area contributed by atoms with Crippen LogP contribution in [0.1, 0.15) is 32.3 Å². The summed E-state index contributed by atoms with van der Waals surface area (Å²) in [6.45, 7) is 4.25. The van der Waals surface area contributed by atoms with Gasteiger partial charge in [0.2, 0.25) is 0 Å². The summed E-state index contributed by atoms with van der Waals surface area (Å²) in [4.78, 5) is 26.7. The minimum absolute atomic E-state index is 0.00306. The number of nitrogens with zero attached hydrogens (tertiary/aromatic N) is 3. The Morgan fingerprint density at radius 2 is 1.96 bits per heavy atom. The lowest BCUT2D eigenvalue weighted by Gasteiger charge is -2.25. The predicted octanol–water partition coefficient (Wildman–Crippen LogP) is 2.29. The van der Waals surface area contributed by atoms with Gasteiger partial charge in [0.25, 0.3) is 0 Å². The Morgan fingerprint density at radius 3 is 2.64 bits per heavy atom. The zero-order chi connectivity index (χ0) is 18.3. The molecule has 0 saturated carbocycles. The quantitative estimate of drug-likeness (QED) is 0.680. The second-order valence-corrected chi connectivity index (χ2v) is 6.43. The fourth-order valence-electron chi connectivity index (χ4n) is 2.28. The van der Waals surface area contributed by atoms with Crippen LogP contribution in [0.2, 0.25) is 0 Å². The second kappa shape index (κ2) is 8.27. The summed E-state index contributed by atoms with van der Waals surface area (Å²) >= 11 is 0. The Balaban J connectivity index is 1.81. The van der Waals surface area contributed by atoms with E-state index >= 15 is 0 Å². The van der Waals surface area contributed by atoms with Crippen LogP contribution in [0, 0.1) is 0 Å². The number of carboxylic acid groups (broad SMARTS) is 1. The van der Waals surface area contributed by atoms with Gasteiger partial charge in [0.05, 0.1) is 0 Å². The lowest BCUT2D eigenvalue weighted by molar-refractivity contribution is -0.137. The SMILES string of the molecule is CC(C)(CCC(=O)O)NC(=O)Nc1ccn(CCc2ccncc2)n1. The minimum Gasteiger partial charge on any atom is -0.481 e. The molecule has 3 N–H and O–H groups in total. The fraction of sp³-hybridized carbons (Fsp3) is 0.412. The topological polar surface area (TPSA) is 109 Å². The third kappa shape index (κ3) is 6.62. The number of aryl methyl sites for hydroxylation is 2. The number of hydrogen-bond acceptors (Lipinski definition) is 4. The second-order valence-electron chi connectivity index (χ2n) is 6.43. The van der Waals surface area contributed by atoms with Crippen LogP contribution in [0.5, 0.6) is 0 Å². The van der Waals surface area contributed by atoms with Crippen molar-refractivity contribution in [3.63, 3.8) is 0 Å². The molecule has 0 atom stereocenters. The predicted molar refractivity (Wildman–Crippen MR) is 93.3 cm³/mol. The maximum atomic E-state index is 12.0. The molecule has 2 amide bonds. The molecule has 2 heterocycles. The normalized spacial score (nSPS) is 11.1. The molecule has 0 unspecified atom stereocenters. The molecular formula is C17H23N5O3. The van der Waals surface area contributed by atoms with E-state index in [0.29, 0.717) is 18.8 Å². The van der Waals surface area contributed by atoms with Crippen LogP contribution in [0.15, 0.2) is 36.8 Å². The molecule has 0 spiro atoms. The summed E-state index contributed by atoms with van der Waals surface area (Å²) in [6.07, 6.45) is 6.46. The highest BCUT2D eigenvalue weighted by Crippen LogP contribution is 2.12. The van der Waals surface area contributed by atoms with Gasteiger partial charge in [-0.15, -0.1) is 0 Å². The first-order valence-electron chi connectivity index (χ1n) is 8.07. The van der Waals surface area contributed by atoms with Gasteiger partial charge in [0.1, 0.15) is 0 Å². The summed E-state index contributed by atoms with van der Waals surface area (Å²) < 4.78 is 1.76. The van der Waals surface area contributed by atoms with E-state index in [9.17, 15) is 9.59 Å². The number of urea groups is 1. The summed E-state index contributed by atoms with van der Waals surface area (Å²) in [7, 11) is 0. The summed E-state index contributed by atoms with van der Waals surface area (Å²) in [5, 5.41) is 18.5. The lowest BCUT2D eigenvalue weighted by Crippen LogP contribution is -2.45. The van der Waals surface area contributed by atoms with Crippen molar-refractivity contribution in [1.29, 1.82) is 0 Å². The molecule has 0 aliphatic heterocycles. The van der Waals surface area contributed by atoms with Crippen LogP contribution in [0.4, 0.5) is 10.6 Å². The Kier molecular flexibility index (Phi) is 6.10. The number of aliphatic carboxylic acids is 1. The number of carboxylic acids is 1. The van der Waals surface area contributed by atoms with Crippen LogP contribution >= 0.6 is 0 Å². The van der Waals surface area contributed by atoms with Crippen LogP contribution in [0.25, 0.3) is 0 Å². The van der Waals surface area contributed by atoms with Crippen molar-refractivity contribution in [2.24, 2.45) is 0 Å². The first-order chi connectivity index (χ1) is 11.8. The van der Waals surface area contributed by atoms with Gasteiger partial charge in [0.15, 0.2) is 5.82 Å². The highest BCUT2D eigenvalue weighted by atomic mass is 16.4. The van der Waals surface area contributed by atoms with E-state index in [2.05, 4.69) is 20.7 Å². The fourth-order valence-corrected chi connectivity index (χ4v) is 2.28. The van der Waals surface area contributed by atoms with Gasteiger partial charge >= 0.3 is 12.0 Å². The molecule has 0 radical (unpaired) electrons. The van der Waals surface area contributed by atoms with Crippen LogP contribution in [0.3, 0.4) is 0 Å². The van der Waals surface area contributed by atoms with E-state index in [1.807, 2.05) is 12.1 Å². The van der Waals surface area contributed by atoms with Gasteiger partial charge in [0, 0.05) is 43.2 Å². The van der Waals surface area contributed by atoms with Crippen molar-refractivity contribution >= 4 is 17.8 Å². The smallest absolute Gasteiger partial charge is 0.320 e. The standard InChI is InChI=1S/C17H23N5O3/c1-17(2,8-3-15(23)24)20-16(25)19-14-7-12-22(21-14)11-6-13-4-9-18-10-5-13/h4-5,7,9-10,12H,3,6,8,11H2,1-2H3,(H,23,24)(H2,19,20,21,25). The van der Waals surface area contributed by atoms with E-state index in [4.69, 9.17) is 5.11 Å². The largest absolute Gasteiger partial charge is 0.481 e. The van der Waals surface area contributed by atoms with Crippen molar-refractivity contribution in [2.75, 3.05) is 5.32 Å². The van der Waals surface area contributed by atoms with Crippen molar-refractivity contribution in [3.05, 3.63) is 42.4 Å². The number of carbonyl (C=O) groups is 2. The third-order valence-electron chi connectivity index (χ3n) is 3.68. The number of pyridine rings is 1. The van der Waals surface area contributed by atoms with E-state index in [1.165, 1.54) is 0 Å². The van der Waals surface area contributed by atoms with Crippen molar-refractivity contribution in [2.45, 2.75) is 45.2 Å². The minimum atomic E-state index is -0.886. The number of carbonyl (C=O) groups excluding carboxylic acids is 1. The molecule has 2 aromatic heterocycles. The van der Waals surface area contributed by atoms with E-state index in [-0.39, 0.29) is 6.42 Å². The molecule has 8 heteroatoms. The first-order valence-corrected chi connectivity index (χ1v) is 8.07. The molecule has 0 fully saturated rings. The molecule has 134 valence electrons. The first kappa shape index (κ1) is 18.4. The summed E-state index contributed by atoms with van der Waals surface area (Å²) in [5.41, 5.74) is 0.546. The third-order valence-corrected chi connectivity index (χ3v) is 3.68. The average molecular weight is 345 g/mol. The number of hydrogen-bond donors (Lipinski definition) is 3. The zero-order valence-electron chi connectivity index (χ0n) is 14.4. The van der Waals surface area contributed by atoms with Gasteiger partial charge in [-0.1, -0.05) is 0 Å². The number of amides is 2. The van der Waals surface area contributed by atoms with Gasteiger partial charge < -0.3 is 10.4 Å². The summed E-state index contributed by atoms with van der Waals surface area (Å²) in [5.74, 6) is -0.440. The highest BCUT2D eigenvalue weighted by molar-refractivity contribution is 5.88. The van der Waals surface area contributed by atoms with Crippen molar-refractivity contribution < 1.29 is 14.7 Å². The molecule has 0 aromatic carbocycles. The molecule has 0 aliphatic rings. The number of anilines is 1. The van der Waals surface area contributed by atoms with Gasteiger partial charge in [-0.05, 0) is 44.4 Å². The maximum Gasteiger partial charge on any atom is 0.320 e. The zero-order valence-corrected chi connectivity index (χ0v) is 14.4. The van der Waals surface area contributed by atoms with Crippen molar-refractivity contribution in [3.8, 4) is 0 Å². The molecule has 2 rings (SSSR count). The molecule has 2 aromatic rings. The van der Waals surface area contributed by atoms with E-state index in [0.717, 1.165) is 12.0 Å². The van der Waals surface area contributed by atoms with Crippen LogP contribution < -0.4 is 10.6 Å². The Labute approximate surface area is 146 Å². The Hall–Kier alpha value is -2.90. The monoisotopic (exact) mass is 345 g/mol. The van der Waals surface area contributed by atoms with Crippen LogP contribution in [-0.2, 0) is 17.8 Å². The maximum absolute atomic E-state index is 12.0.